The summed E-state index contributed by atoms with van der Waals surface area (Å²) < 4.78 is 6.93. The molecule has 6 heteroatoms. The van der Waals surface area contributed by atoms with Crippen LogP contribution in [0.25, 0.3) is 11.3 Å². The van der Waals surface area contributed by atoms with E-state index in [1.807, 2.05) is 59.4 Å². The molecule has 0 atom stereocenters. The van der Waals surface area contributed by atoms with Crippen molar-refractivity contribution in [1.29, 1.82) is 0 Å². The summed E-state index contributed by atoms with van der Waals surface area (Å²) in [7, 11) is 0. The Labute approximate surface area is 162 Å². The van der Waals surface area contributed by atoms with E-state index in [0.717, 1.165) is 22.4 Å². The van der Waals surface area contributed by atoms with Crippen LogP contribution < -0.4 is 5.43 Å². The number of amides is 1. The Bertz CT molecular complexity index is 1070. The summed E-state index contributed by atoms with van der Waals surface area (Å²) in [6.45, 7) is 0.646. The standard InChI is InChI=1S/C22H18N4O2/c27-22(20-12-7-13-28-20)24-23-14-19-16-26(15-17-8-3-1-4-9-17)25-21(19)18-10-5-2-6-11-18/h1-14,16H,15H2,(H,24,27). The first-order valence-corrected chi connectivity index (χ1v) is 8.83. The van der Waals surface area contributed by atoms with E-state index in [1.165, 1.54) is 6.26 Å². The second-order valence-electron chi connectivity index (χ2n) is 6.16. The molecule has 0 unspecified atom stereocenters. The van der Waals surface area contributed by atoms with Crippen molar-refractivity contribution in [3.05, 3.63) is 102 Å². The molecular formula is C22H18N4O2. The normalized spacial score (nSPS) is 11.0. The number of aromatic nitrogens is 2. The lowest BCUT2D eigenvalue weighted by Crippen LogP contribution is -2.16. The van der Waals surface area contributed by atoms with Crippen molar-refractivity contribution >= 4 is 12.1 Å². The van der Waals surface area contributed by atoms with Crippen LogP contribution in [0.3, 0.4) is 0 Å². The molecule has 0 saturated carbocycles. The van der Waals surface area contributed by atoms with Crippen molar-refractivity contribution in [2.24, 2.45) is 5.10 Å². The van der Waals surface area contributed by atoms with Gasteiger partial charge < -0.3 is 4.42 Å². The average molecular weight is 370 g/mol. The molecule has 4 aromatic rings. The lowest BCUT2D eigenvalue weighted by molar-refractivity contribution is 0.0927. The Kier molecular flexibility index (Phi) is 5.11. The monoisotopic (exact) mass is 370 g/mol. The highest BCUT2D eigenvalue weighted by Crippen LogP contribution is 2.21. The Hall–Kier alpha value is -3.93. The van der Waals surface area contributed by atoms with E-state index in [2.05, 4.69) is 22.7 Å². The quantitative estimate of drug-likeness (QED) is 0.412. The lowest BCUT2D eigenvalue weighted by Gasteiger charge is -2.01. The van der Waals surface area contributed by atoms with Crippen LogP contribution in [-0.4, -0.2) is 21.9 Å². The highest BCUT2D eigenvalue weighted by molar-refractivity contribution is 5.93. The maximum absolute atomic E-state index is 12.0. The van der Waals surface area contributed by atoms with E-state index < -0.39 is 5.91 Å². The van der Waals surface area contributed by atoms with E-state index in [0.29, 0.717) is 6.54 Å². The first-order valence-electron chi connectivity index (χ1n) is 8.83. The second kappa shape index (κ2) is 8.18. The van der Waals surface area contributed by atoms with Gasteiger partial charge in [0.05, 0.1) is 19.0 Å². The van der Waals surface area contributed by atoms with Crippen molar-refractivity contribution in [1.82, 2.24) is 15.2 Å². The van der Waals surface area contributed by atoms with E-state index in [4.69, 9.17) is 9.52 Å². The maximum atomic E-state index is 12.0. The van der Waals surface area contributed by atoms with E-state index >= 15 is 0 Å². The van der Waals surface area contributed by atoms with Crippen LogP contribution in [0, 0.1) is 0 Å². The third-order valence-corrected chi connectivity index (χ3v) is 4.14. The number of hydrogen-bond donors (Lipinski definition) is 1. The third kappa shape index (κ3) is 4.07. The molecule has 2 heterocycles. The molecule has 2 aromatic heterocycles. The number of hydrogen-bond acceptors (Lipinski definition) is 4. The van der Waals surface area contributed by atoms with Crippen LogP contribution in [0.2, 0.25) is 0 Å². The molecule has 0 aliphatic carbocycles. The van der Waals surface area contributed by atoms with Gasteiger partial charge in [0.15, 0.2) is 5.76 Å². The van der Waals surface area contributed by atoms with Crippen molar-refractivity contribution in [2.45, 2.75) is 6.54 Å². The van der Waals surface area contributed by atoms with Crippen molar-refractivity contribution in [3.63, 3.8) is 0 Å². The molecule has 0 spiro atoms. The van der Waals surface area contributed by atoms with E-state index in [-0.39, 0.29) is 5.76 Å². The van der Waals surface area contributed by atoms with Gasteiger partial charge in [-0.2, -0.15) is 10.2 Å². The number of nitrogens with zero attached hydrogens (tertiary/aromatic N) is 3. The summed E-state index contributed by atoms with van der Waals surface area (Å²) in [5, 5.41) is 8.78. The van der Waals surface area contributed by atoms with Crippen LogP contribution in [-0.2, 0) is 6.54 Å². The molecule has 2 aromatic carbocycles. The second-order valence-corrected chi connectivity index (χ2v) is 6.16. The van der Waals surface area contributed by atoms with E-state index in [9.17, 15) is 4.79 Å². The van der Waals surface area contributed by atoms with Gasteiger partial charge in [0, 0.05) is 17.3 Å². The molecule has 6 nitrogen and oxygen atoms in total. The Morgan fingerprint density at radius 2 is 1.79 bits per heavy atom. The van der Waals surface area contributed by atoms with Gasteiger partial charge in [-0.15, -0.1) is 0 Å². The number of hydrazone groups is 1. The largest absolute Gasteiger partial charge is 0.459 e. The molecule has 0 aliphatic rings. The van der Waals surface area contributed by atoms with Gasteiger partial charge in [-0.05, 0) is 17.7 Å². The smallest absolute Gasteiger partial charge is 0.307 e. The summed E-state index contributed by atoms with van der Waals surface area (Å²) in [4.78, 5) is 12.0. The number of benzene rings is 2. The zero-order chi connectivity index (χ0) is 19.2. The van der Waals surface area contributed by atoms with Gasteiger partial charge in [-0.25, -0.2) is 5.43 Å². The Morgan fingerprint density at radius 1 is 1.04 bits per heavy atom. The molecule has 4 rings (SSSR count). The van der Waals surface area contributed by atoms with Crippen molar-refractivity contribution in [3.8, 4) is 11.3 Å². The number of nitrogens with one attached hydrogen (secondary N) is 1. The van der Waals surface area contributed by atoms with Gasteiger partial charge in [0.1, 0.15) is 5.69 Å². The van der Waals surface area contributed by atoms with Gasteiger partial charge in [-0.3, -0.25) is 9.48 Å². The fraction of sp³-hybridized carbons (Fsp3) is 0.0455. The van der Waals surface area contributed by atoms with Crippen LogP contribution >= 0.6 is 0 Å². The third-order valence-electron chi connectivity index (χ3n) is 4.14. The summed E-state index contributed by atoms with van der Waals surface area (Å²) in [6.07, 6.45) is 4.95. The zero-order valence-electron chi connectivity index (χ0n) is 15.0. The SMILES string of the molecule is O=C(NN=Cc1cn(Cc2ccccc2)nc1-c1ccccc1)c1ccco1. The number of rotatable bonds is 6. The summed E-state index contributed by atoms with van der Waals surface area (Å²) in [5.74, 6) is -0.195. The van der Waals surface area contributed by atoms with Crippen molar-refractivity contribution < 1.29 is 9.21 Å². The van der Waals surface area contributed by atoms with E-state index in [1.54, 1.807) is 18.3 Å². The zero-order valence-corrected chi connectivity index (χ0v) is 15.0. The fourth-order valence-corrected chi connectivity index (χ4v) is 2.83. The number of carbonyl (C=O) groups is 1. The minimum absolute atomic E-state index is 0.209. The van der Waals surface area contributed by atoms with Gasteiger partial charge in [0.25, 0.3) is 0 Å². The van der Waals surface area contributed by atoms with Gasteiger partial charge in [-0.1, -0.05) is 60.7 Å². The van der Waals surface area contributed by atoms with Gasteiger partial charge >= 0.3 is 5.91 Å². The molecular weight excluding hydrogens is 352 g/mol. The van der Waals surface area contributed by atoms with Crippen LogP contribution in [0.1, 0.15) is 21.7 Å². The fourth-order valence-electron chi connectivity index (χ4n) is 2.83. The Balaban J connectivity index is 1.59. The number of furan rings is 1. The first kappa shape index (κ1) is 17.5. The molecule has 0 bridgehead atoms. The highest BCUT2D eigenvalue weighted by Gasteiger charge is 2.11. The topological polar surface area (TPSA) is 72.4 Å². The summed E-state index contributed by atoms with van der Waals surface area (Å²) in [5.41, 5.74) is 6.21. The molecule has 0 radical (unpaired) electrons. The minimum atomic E-state index is -0.404. The highest BCUT2D eigenvalue weighted by atomic mass is 16.3. The maximum Gasteiger partial charge on any atom is 0.307 e. The molecule has 0 aliphatic heterocycles. The van der Waals surface area contributed by atoms with Crippen LogP contribution in [0.15, 0.2) is 94.8 Å². The predicted octanol–water partition coefficient (Wildman–Crippen LogP) is 3.96. The molecule has 1 amide bonds. The minimum Gasteiger partial charge on any atom is -0.459 e. The predicted molar refractivity (Wildman–Crippen MR) is 107 cm³/mol. The van der Waals surface area contributed by atoms with Crippen LogP contribution in [0.4, 0.5) is 0 Å². The van der Waals surface area contributed by atoms with Crippen LogP contribution in [0.5, 0.6) is 0 Å². The van der Waals surface area contributed by atoms with Gasteiger partial charge in [0.2, 0.25) is 0 Å². The van der Waals surface area contributed by atoms with Crippen molar-refractivity contribution in [2.75, 3.05) is 0 Å². The summed E-state index contributed by atoms with van der Waals surface area (Å²) >= 11 is 0. The molecule has 28 heavy (non-hydrogen) atoms. The first-order chi connectivity index (χ1) is 13.8. The molecule has 0 saturated heterocycles. The summed E-state index contributed by atoms with van der Waals surface area (Å²) in [6, 6.07) is 23.2. The Morgan fingerprint density at radius 3 is 2.50 bits per heavy atom. The number of carbonyl (C=O) groups excluding carboxylic acids is 1. The molecule has 1 N–H and O–H groups in total. The molecule has 0 fully saturated rings. The molecule has 138 valence electrons. The average Bonchev–Trinajstić information content (AvgIpc) is 3.40. The lowest BCUT2D eigenvalue weighted by atomic mass is 10.1.